The van der Waals surface area contributed by atoms with Gasteiger partial charge in [0.2, 0.25) is 0 Å². The van der Waals surface area contributed by atoms with Crippen molar-refractivity contribution >= 4 is 132 Å². The summed E-state index contributed by atoms with van der Waals surface area (Å²) < 4.78 is 4.00. The van der Waals surface area contributed by atoms with E-state index in [1.54, 1.807) is 34.0 Å². The number of thiophene rings is 9. The van der Waals surface area contributed by atoms with Crippen LogP contribution >= 0.6 is 102 Å². The van der Waals surface area contributed by atoms with E-state index in [0.717, 1.165) is 162 Å². The number of hydrogen-bond acceptors (Lipinski definition) is 21. The summed E-state index contributed by atoms with van der Waals surface area (Å²) in [5.74, 6) is 0. The van der Waals surface area contributed by atoms with Gasteiger partial charge in [-0.15, -0.1) is 171 Å². The molecule has 0 fully saturated rings. The van der Waals surface area contributed by atoms with E-state index in [1.807, 2.05) is 68.0 Å². The number of benzene rings is 8. The molecule has 0 aliphatic carbocycles. The van der Waals surface area contributed by atoms with E-state index in [-0.39, 0.29) is 400 Å². The van der Waals surface area contributed by atoms with Gasteiger partial charge < -0.3 is 30.0 Å². The third-order valence-corrected chi connectivity index (χ3v) is 34.3. The minimum absolute atomic E-state index is 0. The summed E-state index contributed by atoms with van der Waals surface area (Å²) in [7, 11) is 0. The molecule has 0 amide bonds. The molecule has 0 unspecified atom stereocenters. The Labute approximate surface area is 1090 Å². The van der Waals surface area contributed by atoms with E-state index in [0.29, 0.717) is 40.0 Å². The normalized spacial score (nSPS) is 12.4. The first kappa shape index (κ1) is 116. The van der Waals surface area contributed by atoms with Gasteiger partial charge in [-0.05, 0) is 82.4 Å². The van der Waals surface area contributed by atoms with Crippen LogP contribution in [0.15, 0.2) is 169 Å². The second-order valence-electron chi connectivity index (χ2n) is 30.3. The molecule has 130 heavy (non-hydrogen) atoms. The van der Waals surface area contributed by atoms with Crippen LogP contribution in [0.3, 0.4) is 0 Å². The number of fused-ring (bicyclic) bond motifs is 12. The summed E-state index contributed by atoms with van der Waals surface area (Å²) >= 11 is 16.5. The largest absolute Gasteiger partial charge is 0.309 e. The Hall–Kier alpha value is 2.69. The van der Waals surface area contributed by atoms with E-state index in [4.69, 9.17) is 59.9 Å². The minimum Gasteiger partial charge on any atom is -0.309 e. The third-order valence-electron chi connectivity index (χ3n) is 23.5. The molecular formula is C97H70N12S9Y12-6. The molecule has 0 N–H and O–H groups in total. The van der Waals surface area contributed by atoms with Crippen LogP contribution in [0.5, 0.6) is 0 Å². The predicted molar refractivity (Wildman–Crippen MR) is 491 cm³/mol. The van der Waals surface area contributed by atoms with Gasteiger partial charge in [0.05, 0.1) is 0 Å². The summed E-state index contributed by atoms with van der Waals surface area (Å²) in [6.45, 7) is 28.3. The monoisotopic (exact) mass is 2760 g/mol. The molecule has 33 heteroatoms. The van der Waals surface area contributed by atoms with Gasteiger partial charge in [-0.1, -0.05) is 163 Å². The van der Waals surface area contributed by atoms with Crippen LogP contribution < -0.4 is 64.3 Å². The number of rotatable bonds is 12. The number of nitrogens with zero attached hydrogens (tertiary/aromatic N) is 12. The molecule has 614 valence electrons. The van der Waals surface area contributed by atoms with Crippen molar-refractivity contribution in [2.75, 3.05) is 40.0 Å². The summed E-state index contributed by atoms with van der Waals surface area (Å²) in [5, 5.41) is 15.8. The zero-order valence-electron chi connectivity index (χ0n) is 72.6. The van der Waals surface area contributed by atoms with Gasteiger partial charge in [0.15, 0.2) is 0 Å². The average Bonchev–Trinajstić information content (AvgIpc) is 1.56. The predicted octanol–water partition coefficient (Wildman–Crippen LogP) is 19.8. The molecule has 8 aromatic carbocycles. The van der Waals surface area contributed by atoms with Crippen LogP contribution in [0.1, 0.15) is 74.2 Å². The molecule has 0 saturated heterocycles. The topological polar surface area (TPSA) is 148 Å². The van der Waals surface area contributed by atoms with Gasteiger partial charge >= 0.3 is 0 Å². The zero-order chi connectivity index (χ0) is 79.2. The first-order valence-electron chi connectivity index (χ1n) is 38.6. The summed E-state index contributed by atoms with van der Waals surface area (Å²) in [6.07, 6.45) is 0. The van der Waals surface area contributed by atoms with Gasteiger partial charge in [-0.3, -0.25) is 30.0 Å². The van der Waals surface area contributed by atoms with Crippen LogP contribution in [0.25, 0.3) is 153 Å². The standard InChI is InChI=1S/C51H33N6S6.C45H33N6S3.CH4.12Y/c1-22-13-28(46-43(25(22)4)52-19-55-46)34-7-10-37(58-34)40-16-31-49(61-40)32-17-41(38-11-8-35(59-38)29-14-23(2)26(5)44-47(29)56-20-53-44)63-51(32)33-18-42(62-50(31)33)39-12-9-36(60-39)30-15-24(3)27(6)45-48(30)57-21-54-45;1-22-13-31(43-40(25(22)4)46-19-49-43)37-10-7-34(52-37)28-16-29(35-8-11-38(53-35)32-14-23(2)26(5)41-44(32)50-20-47-41)18-30(17-28)36-9-12-39(54-36)33-15-24(3)27(6)42-45(33)51-21-48-42;;;;;;;;;;;;;/h7-12,16-18H,19-21H2,1-6H3;7-12,16-18H,19-21H2,1-6H3;1H4;;;;;;;;;;;;/q2*-3;;;;;;;;;;;;;. The van der Waals surface area contributed by atoms with Gasteiger partial charge in [-0.25, -0.2) is 0 Å². The SMILES string of the molecule is C.Cc1[c-]c(-c2ccc(-c3cc(-c4ccc(-c5[c-]c(C)c(C)c6c5=NCN=6)s4)cc(-c4ccc(-c5[c-]c(C)c(C)c6c5=NCN=6)s4)c3)s2)c2c(c1C)=NCN=2.Cc1[c-]c(-c2ccc(-c3cc4c(s3)c3cc(-c5ccc(-c6[c-]c(C)c(C)c7c6=NCN=7)s5)sc3c3cc(-c5ccc(-c6[c-]c(C)c(C)c7c6=NCN=7)s5)sc43)s2)c2c(c1C)=NCN=2.[Y].[Y].[Y].[Y].[Y].[Y].[Y].[Y].[Y].[Y].[Y].[Y]. The van der Waals surface area contributed by atoms with E-state index < -0.39 is 0 Å². The molecule has 0 saturated carbocycles. The molecule has 17 aromatic rings. The van der Waals surface area contributed by atoms with Crippen LogP contribution in [0.4, 0.5) is 0 Å². The Bertz CT molecular complexity index is 7400. The fourth-order valence-electron chi connectivity index (χ4n) is 16.5. The van der Waals surface area contributed by atoms with Crippen LogP contribution in [0, 0.1) is 119 Å². The molecule has 9 aromatic heterocycles. The average molecular weight is 2760 g/mol. The smallest absolute Gasteiger partial charge is 0.118 e. The molecule has 0 bridgehead atoms. The Morgan fingerprint density at radius 3 is 0.523 bits per heavy atom. The second-order valence-corrected chi connectivity index (χ2v) is 39.9. The molecule has 6 aliphatic rings. The van der Waals surface area contributed by atoms with Crippen molar-refractivity contribution in [2.45, 2.75) is 90.5 Å². The Morgan fingerprint density at radius 2 is 0.338 bits per heavy atom. The van der Waals surface area contributed by atoms with Gasteiger partial charge in [0.25, 0.3) is 0 Å². The fourth-order valence-corrected chi connectivity index (χ4v) is 26.5. The van der Waals surface area contributed by atoms with Gasteiger partial charge in [-0.2, -0.15) is 68.0 Å². The quantitative estimate of drug-likeness (QED) is 0.107. The van der Waals surface area contributed by atoms with Crippen LogP contribution in [-0.2, 0) is 393 Å². The second kappa shape index (κ2) is 48.3. The molecular weight excluding hydrogens is 2690 g/mol. The maximum absolute atomic E-state index is 4.79. The Morgan fingerprint density at radius 1 is 0.185 bits per heavy atom. The van der Waals surface area contributed by atoms with Crippen molar-refractivity contribution in [1.29, 1.82) is 0 Å². The van der Waals surface area contributed by atoms with Crippen LogP contribution in [0.2, 0.25) is 0 Å². The van der Waals surface area contributed by atoms with E-state index >= 15 is 0 Å². The van der Waals surface area contributed by atoms with Crippen molar-refractivity contribution in [3.05, 3.63) is 277 Å². The molecule has 15 heterocycles. The molecule has 0 atom stereocenters. The number of hydrogen-bond donors (Lipinski definition) is 0. The molecule has 12 radical (unpaired) electrons. The first-order valence-corrected chi connectivity index (χ1v) is 45.9. The summed E-state index contributed by atoms with van der Waals surface area (Å²) in [6, 6.07) is 63.2. The van der Waals surface area contributed by atoms with Gasteiger partial charge in [0.1, 0.15) is 40.0 Å². The van der Waals surface area contributed by atoms with E-state index in [1.165, 1.54) is 122 Å². The number of aryl methyl sites for hydroxylation is 6. The third kappa shape index (κ3) is 21.4. The molecule has 12 nitrogen and oxygen atoms in total. The first-order chi connectivity index (χ1) is 56.9. The summed E-state index contributed by atoms with van der Waals surface area (Å²) in [4.78, 5) is 75.1. The zero-order valence-corrected chi connectivity index (χ0v) is 114. The van der Waals surface area contributed by atoms with Crippen molar-refractivity contribution in [3.63, 3.8) is 0 Å². The minimum atomic E-state index is 0. The molecule has 6 aliphatic heterocycles. The fraction of sp³-hybridized carbons (Fsp3) is 0.196. The van der Waals surface area contributed by atoms with Gasteiger partial charge in [0, 0.05) is 531 Å². The Balaban J connectivity index is 0.000000269. The molecule has 0 spiro atoms. The maximum atomic E-state index is 4.79. The summed E-state index contributed by atoms with van der Waals surface area (Å²) in [5.41, 5.74) is 23.6. The van der Waals surface area contributed by atoms with E-state index in [9.17, 15) is 0 Å². The van der Waals surface area contributed by atoms with Crippen molar-refractivity contribution in [1.82, 2.24) is 0 Å². The van der Waals surface area contributed by atoms with Crippen molar-refractivity contribution < 1.29 is 393 Å². The maximum Gasteiger partial charge on any atom is 0.118 e. The van der Waals surface area contributed by atoms with Crippen molar-refractivity contribution in [2.24, 2.45) is 59.9 Å². The van der Waals surface area contributed by atoms with Crippen molar-refractivity contribution in [3.8, 4) is 123 Å². The molecule has 23 rings (SSSR count). The Kier molecular flexibility index (Phi) is 43.2. The van der Waals surface area contributed by atoms with E-state index in [2.05, 4.69) is 229 Å². The van der Waals surface area contributed by atoms with Crippen LogP contribution in [-0.4, -0.2) is 40.0 Å².